The van der Waals surface area contributed by atoms with E-state index < -0.39 is 5.97 Å². The molecule has 0 amide bonds. The van der Waals surface area contributed by atoms with Gasteiger partial charge in [-0.05, 0) is 132 Å². The van der Waals surface area contributed by atoms with Gasteiger partial charge in [-0.1, -0.05) is 62.8 Å². The molecule has 386 valence electrons. The van der Waals surface area contributed by atoms with E-state index >= 15 is 0 Å². The molecule has 8 aromatic rings. The Labute approximate surface area is 439 Å². The van der Waals surface area contributed by atoms with Crippen LogP contribution >= 0.6 is 15.9 Å². The van der Waals surface area contributed by atoms with Crippen LogP contribution in [0.15, 0.2) is 126 Å². The highest BCUT2D eigenvalue weighted by molar-refractivity contribution is 9.10. The summed E-state index contributed by atoms with van der Waals surface area (Å²) in [6.45, 7) is 3.25. The van der Waals surface area contributed by atoms with Crippen molar-refractivity contribution in [2.45, 2.75) is 96.3 Å². The summed E-state index contributed by atoms with van der Waals surface area (Å²) >= 11 is 3.53. The molecular formula is C57H63BrN8O8. The van der Waals surface area contributed by atoms with Gasteiger partial charge in [0.2, 0.25) is 0 Å². The zero-order chi connectivity index (χ0) is 51.8. The van der Waals surface area contributed by atoms with E-state index in [9.17, 15) is 9.59 Å². The van der Waals surface area contributed by atoms with E-state index in [0.29, 0.717) is 76.2 Å². The molecule has 2 fully saturated rings. The zero-order valence-electron chi connectivity index (χ0n) is 42.3. The average molecular weight is 1070 g/mol. The van der Waals surface area contributed by atoms with Gasteiger partial charge in [-0.15, -0.1) is 0 Å². The van der Waals surface area contributed by atoms with Crippen LogP contribution in [0.4, 0.5) is 5.82 Å². The lowest BCUT2D eigenvalue weighted by molar-refractivity contribution is 0.0525. The molecule has 0 atom stereocenters. The Morgan fingerprint density at radius 3 is 1.53 bits per heavy atom. The Bertz CT molecular complexity index is 3080. The molecule has 2 aliphatic carbocycles. The first kappa shape index (κ1) is 52.8. The van der Waals surface area contributed by atoms with Gasteiger partial charge in [0.05, 0.1) is 57.5 Å². The van der Waals surface area contributed by atoms with E-state index in [1.807, 2.05) is 64.0 Å². The second-order valence-corrected chi connectivity index (χ2v) is 18.8. The number of fused-ring (bicyclic) bond motifs is 2. The molecule has 2 saturated carbocycles. The zero-order valence-corrected chi connectivity index (χ0v) is 43.9. The van der Waals surface area contributed by atoms with Crippen LogP contribution in [0.3, 0.4) is 0 Å². The smallest absolute Gasteiger partial charge is 0.338 e. The van der Waals surface area contributed by atoms with Gasteiger partial charge in [0.1, 0.15) is 44.5 Å². The van der Waals surface area contributed by atoms with Crippen LogP contribution in [0.1, 0.15) is 103 Å². The number of esters is 2. The number of rotatable bonds is 15. The number of methoxy groups -OCH3 is 3. The first-order valence-corrected chi connectivity index (χ1v) is 25.9. The average Bonchev–Trinajstić information content (AvgIpc) is 3.95. The predicted molar refractivity (Wildman–Crippen MR) is 289 cm³/mol. The minimum Gasteiger partial charge on any atom is -0.497 e. The normalized spacial score (nSPS) is 13.7. The molecule has 0 radical (unpaired) electrons. The molecule has 4 aromatic carbocycles. The number of hydrogen-bond acceptors (Lipinski definition) is 14. The van der Waals surface area contributed by atoms with Crippen molar-refractivity contribution in [2.75, 3.05) is 33.3 Å². The molecule has 0 aliphatic heterocycles. The van der Waals surface area contributed by atoms with Crippen LogP contribution < -0.4 is 30.0 Å². The number of aromatic nitrogens is 6. The van der Waals surface area contributed by atoms with E-state index in [2.05, 4.69) is 36.3 Å². The molecule has 0 bridgehead atoms. The summed E-state index contributed by atoms with van der Waals surface area (Å²) in [5, 5.41) is 14.8. The molecular weight excluding hydrogens is 1000 g/mol. The van der Waals surface area contributed by atoms with Crippen molar-refractivity contribution in [3.63, 3.8) is 0 Å². The van der Waals surface area contributed by atoms with Crippen molar-refractivity contribution in [1.82, 2.24) is 29.5 Å². The molecule has 10 rings (SSSR count). The Kier molecular flexibility index (Phi) is 18.5. The number of anilines is 1. The lowest BCUT2D eigenvalue weighted by atomic mass is 9.95. The highest BCUT2D eigenvalue weighted by Crippen LogP contribution is 2.37. The maximum atomic E-state index is 12.0. The molecule has 4 heterocycles. The number of ether oxygens (including phenoxy) is 6. The number of nitrogens with two attached hydrogens (primary N) is 1. The number of benzene rings is 4. The summed E-state index contributed by atoms with van der Waals surface area (Å²) in [6.07, 6.45) is 16.0. The van der Waals surface area contributed by atoms with E-state index in [0.717, 1.165) is 57.7 Å². The fourth-order valence-electron chi connectivity index (χ4n) is 8.87. The number of hydrogen-bond donors (Lipinski definition) is 2. The van der Waals surface area contributed by atoms with E-state index in [4.69, 9.17) is 39.3 Å². The van der Waals surface area contributed by atoms with E-state index in [1.165, 1.54) is 58.5 Å². The van der Waals surface area contributed by atoms with Crippen molar-refractivity contribution in [3.05, 3.63) is 148 Å². The maximum Gasteiger partial charge on any atom is 0.338 e. The third-order valence-electron chi connectivity index (χ3n) is 12.8. The van der Waals surface area contributed by atoms with Gasteiger partial charge < -0.3 is 39.5 Å². The van der Waals surface area contributed by atoms with Crippen molar-refractivity contribution in [1.29, 1.82) is 0 Å². The molecule has 2 aliphatic rings. The number of nitrogens with one attached hydrogen (secondary N) is 1. The van der Waals surface area contributed by atoms with Gasteiger partial charge in [0.25, 0.3) is 0 Å². The number of nitrogens with zero attached hydrogens (tertiary/aromatic N) is 6. The second kappa shape index (κ2) is 25.9. The van der Waals surface area contributed by atoms with Crippen molar-refractivity contribution in [2.24, 2.45) is 5.73 Å². The van der Waals surface area contributed by atoms with E-state index in [1.54, 1.807) is 88.1 Å². The summed E-state index contributed by atoms with van der Waals surface area (Å²) in [5.41, 5.74) is 10.2. The van der Waals surface area contributed by atoms with Gasteiger partial charge >= 0.3 is 11.9 Å². The number of halogens is 1. The molecule has 0 saturated heterocycles. The van der Waals surface area contributed by atoms with Gasteiger partial charge in [0.15, 0.2) is 17.1 Å². The Morgan fingerprint density at radius 2 is 1.05 bits per heavy atom. The molecule has 17 heteroatoms. The van der Waals surface area contributed by atoms with Crippen LogP contribution in [0.5, 0.6) is 34.5 Å². The predicted octanol–water partition coefficient (Wildman–Crippen LogP) is 12.3. The topological polar surface area (TPSA) is 189 Å². The van der Waals surface area contributed by atoms with Crippen LogP contribution in [-0.4, -0.2) is 81.5 Å². The first-order valence-electron chi connectivity index (χ1n) is 25.1. The van der Waals surface area contributed by atoms with Gasteiger partial charge in [-0.3, -0.25) is 0 Å². The summed E-state index contributed by atoms with van der Waals surface area (Å²) in [4.78, 5) is 32.8. The fraction of sp³-hybridized carbons (Fsp3) is 0.333. The fourth-order valence-corrected chi connectivity index (χ4v) is 9.44. The van der Waals surface area contributed by atoms with Crippen LogP contribution in [-0.2, 0) is 22.6 Å². The van der Waals surface area contributed by atoms with E-state index in [-0.39, 0.29) is 5.97 Å². The summed E-state index contributed by atoms with van der Waals surface area (Å²) < 4.78 is 37.0. The third-order valence-corrected chi connectivity index (χ3v) is 13.4. The minimum atomic E-state index is -0.393. The molecule has 74 heavy (non-hydrogen) atoms. The molecule has 3 N–H and O–H groups in total. The van der Waals surface area contributed by atoms with Crippen LogP contribution in [0, 0.1) is 0 Å². The minimum absolute atomic E-state index is 0.337. The number of carbonyl (C=O) groups excluding carboxylic acids is 2. The third kappa shape index (κ3) is 13.8. The molecule has 0 unspecified atom stereocenters. The number of pyridine rings is 2. The molecule has 0 spiro atoms. The van der Waals surface area contributed by atoms with Crippen LogP contribution in [0.25, 0.3) is 22.1 Å². The standard InChI is InChI=1S/C29H32N4O4.C22H18BrN3O4.C6H13N/c1-3-36-29(34)21-11-15-24(16-12-21)37-25-17-18-30-28-26(25)27(31-22-7-5-4-6-8-22)32-33(28)19-20-9-13-23(35-2)14-10-20;1-28-16-7-3-14(4-8-16)13-26-21-19(20(23)25-26)18(11-12-24-21)30-17-9-5-15(6-10-17)22(27)29-2;7-6-4-2-1-3-5-6/h9-18,22H,3-8,19H2,1-2H3,(H,31,32);3-12H,13H2,1-2H3;6H,1-5,7H2. The summed E-state index contributed by atoms with van der Waals surface area (Å²) in [5.74, 6) is 4.13. The lowest BCUT2D eigenvalue weighted by Gasteiger charge is -2.22. The Morgan fingerprint density at radius 1 is 0.595 bits per heavy atom. The number of carbonyl (C=O) groups is 2. The first-order chi connectivity index (χ1) is 36.1. The van der Waals surface area contributed by atoms with Crippen molar-refractivity contribution >= 4 is 55.8 Å². The largest absolute Gasteiger partial charge is 0.497 e. The van der Waals surface area contributed by atoms with Crippen molar-refractivity contribution < 1.29 is 38.0 Å². The highest BCUT2D eigenvalue weighted by atomic mass is 79.9. The summed E-state index contributed by atoms with van der Waals surface area (Å²) in [7, 11) is 4.65. The van der Waals surface area contributed by atoms with Gasteiger partial charge in [-0.25, -0.2) is 28.9 Å². The quantitative estimate of drug-likeness (QED) is 0.0922. The Hall–Kier alpha value is -7.50. The lowest BCUT2D eigenvalue weighted by Crippen LogP contribution is -2.22. The molecule has 16 nitrogen and oxygen atoms in total. The monoisotopic (exact) mass is 1070 g/mol. The SMILES string of the molecule is CCOC(=O)c1ccc(Oc2ccnc3c2c(NC2CCCCC2)nn3Cc2ccc(OC)cc2)cc1.COC(=O)c1ccc(Oc2ccnc3c2c(Br)nn3Cc2ccc(OC)cc2)cc1.NC1CCCCC1. The van der Waals surface area contributed by atoms with Crippen molar-refractivity contribution in [3.8, 4) is 34.5 Å². The second-order valence-electron chi connectivity index (χ2n) is 18.0. The van der Waals surface area contributed by atoms with Gasteiger partial charge in [-0.2, -0.15) is 10.2 Å². The Balaban J connectivity index is 0.000000177. The highest BCUT2D eigenvalue weighted by Gasteiger charge is 2.22. The molecule has 4 aromatic heterocycles. The summed E-state index contributed by atoms with van der Waals surface area (Å²) in [6, 6.07) is 34.0. The van der Waals surface area contributed by atoms with Crippen LogP contribution in [0.2, 0.25) is 0 Å². The van der Waals surface area contributed by atoms with Gasteiger partial charge in [0, 0.05) is 36.6 Å². The maximum absolute atomic E-state index is 12.0.